The molecule has 0 unspecified atom stereocenters. The Morgan fingerprint density at radius 1 is 1.15 bits per heavy atom. The first-order chi connectivity index (χ1) is 9.39. The molecular weight excluding hydrogens is 272 g/mol. The van der Waals surface area contributed by atoms with Crippen LogP contribution in [0.15, 0.2) is 24.3 Å². The van der Waals surface area contributed by atoms with Gasteiger partial charge in [-0.3, -0.25) is 0 Å². The maximum Gasteiger partial charge on any atom is 0.159 e. The number of halogens is 1. The number of rotatable bonds is 5. The van der Waals surface area contributed by atoms with Crippen molar-refractivity contribution >= 4 is 28.2 Å². The van der Waals surface area contributed by atoms with Crippen LogP contribution in [0.3, 0.4) is 0 Å². The molecule has 0 atom stereocenters. The zero-order valence-electron chi connectivity index (χ0n) is 12.4. The fourth-order valence-electron chi connectivity index (χ4n) is 2.44. The van der Waals surface area contributed by atoms with Gasteiger partial charge in [0.25, 0.3) is 0 Å². The minimum absolute atomic E-state index is 0.145. The molecule has 0 aliphatic rings. The molecule has 0 aliphatic heterocycles. The van der Waals surface area contributed by atoms with Gasteiger partial charge in [0.15, 0.2) is 11.0 Å². The predicted octanol–water partition coefficient (Wildman–Crippen LogP) is 3.28. The van der Waals surface area contributed by atoms with Gasteiger partial charge >= 0.3 is 0 Å². The van der Waals surface area contributed by atoms with E-state index in [4.69, 9.17) is 11.6 Å². The van der Waals surface area contributed by atoms with Gasteiger partial charge in [0, 0.05) is 23.9 Å². The lowest BCUT2D eigenvalue weighted by Crippen LogP contribution is -2.34. The van der Waals surface area contributed by atoms with Crippen LogP contribution < -0.4 is 5.32 Å². The molecule has 0 spiro atoms. The standard InChI is InChI=1S/C15H21ClN4/c1-15(2,10-20(3)4)9-17-14-12-8-6-5-7-11(12)13(16)18-19-14/h5-8H,9-10H2,1-4H3,(H,17,19). The van der Waals surface area contributed by atoms with E-state index < -0.39 is 0 Å². The van der Waals surface area contributed by atoms with Crippen molar-refractivity contribution in [2.24, 2.45) is 5.41 Å². The quantitative estimate of drug-likeness (QED) is 0.918. The zero-order valence-corrected chi connectivity index (χ0v) is 13.2. The second-order valence-corrected chi connectivity index (χ2v) is 6.50. The van der Waals surface area contributed by atoms with Crippen molar-refractivity contribution in [1.82, 2.24) is 15.1 Å². The summed E-state index contributed by atoms with van der Waals surface area (Å²) in [6.07, 6.45) is 0. The average Bonchev–Trinajstić information content (AvgIpc) is 2.37. The van der Waals surface area contributed by atoms with Crippen LogP contribution in [-0.2, 0) is 0 Å². The summed E-state index contributed by atoms with van der Waals surface area (Å²) < 4.78 is 0. The van der Waals surface area contributed by atoms with Crippen LogP contribution in [0.4, 0.5) is 5.82 Å². The number of hydrogen-bond acceptors (Lipinski definition) is 4. The molecule has 0 aliphatic carbocycles. The van der Waals surface area contributed by atoms with E-state index in [0.717, 1.165) is 29.7 Å². The summed E-state index contributed by atoms with van der Waals surface area (Å²) >= 11 is 6.08. The number of fused-ring (bicyclic) bond motifs is 1. The van der Waals surface area contributed by atoms with Crippen molar-refractivity contribution in [2.45, 2.75) is 13.8 Å². The van der Waals surface area contributed by atoms with Crippen molar-refractivity contribution < 1.29 is 0 Å². The third kappa shape index (κ3) is 3.58. The topological polar surface area (TPSA) is 41.0 Å². The van der Waals surface area contributed by atoms with Gasteiger partial charge < -0.3 is 10.2 Å². The van der Waals surface area contributed by atoms with Crippen LogP contribution in [0, 0.1) is 5.41 Å². The van der Waals surface area contributed by atoms with Crippen molar-refractivity contribution in [3.8, 4) is 0 Å². The highest BCUT2D eigenvalue weighted by molar-refractivity contribution is 6.34. The van der Waals surface area contributed by atoms with Crippen molar-refractivity contribution in [1.29, 1.82) is 0 Å². The van der Waals surface area contributed by atoms with Crippen LogP contribution in [-0.4, -0.2) is 42.3 Å². The fraction of sp³-hybridized carbons (Fsp3) is 0.467. The molecule has 4 nitrogen and oxygen atoms in total. The van der Waals surface area contributed by atoms with E-state index >= 15 is 0 Å². The number of nitrogens with one attached hydrogen (secondary N) is 1. The molecule has 0 amide bonds. The van der Waals surface area contributed by atoms with E-state index in [2.05, 4.69) is 48.4 Å². The maximum absolute atomic E-state index is 6.08. The highest BCUT2D eigenvalue weighted by atomic mass is 35.5. The third-order valence-electron chi connectivity index (χ3n) is 3.12. The second kappa shape index (κ2) is 5.94. The summed E-state index contributed by atoms with van der Waals surface area (Å²) in [6.45, 7) is 6.28. The number of aromatic nitrogens is 2. The van der Waals surface area contributed by atoms with Gasteiger partial charge in [-0.05, 0) is 19.5 Å². The summed E-state index contributed by atoms with van der Waals surface area (Å²) in [5, 5.41) is 14.0. The molecule has 0 bridgehead atoms. The highest BCUT2D eigenvalue weighted by Gasteiger charge is 2.19. The molecule has 0 fully saturated rings. The molecule has 0 saturated carbocycles. The fourth-order valence-corrected chi connectivity index (χ4v) is 2.64. The largest absolute Gasteiger partial charge is 0.367 e. The van der Waals surface area contributed by atoms with Gasteiger partial charge in [-0.15, -0.1) is 10.2 Å². The Bertz CT molecular complexity index is 595. The molecule has 5 heteroatoms. The monoisotopic (exact) mass is 292 g/mol. The first kappa shape index (κ1) is 15.0. The van der Waals surface area contributed by atoms with E-state index in [9.17, 15) is 0 Å². The Morgan fingerprint density at radius 3 is 2.45 bits per heavy atom. The molecule has 20 heavy (non-hydrogen) atoms. The number of nitrogens with zero attached hydrogens (tertiary/aromatic N) is 3. The molecule has 1 aromatic heterocycles. The summed E-state index contributed by atoms with van der Waals surface area (Å²) in [7, 11) is 4.17. The van der Waals surface area contributed by atoms with Crippen LogP contribution in [0.2, 0.25) is 5.15 Å². The van der Waals surface area contributed by atoms with Gasteiger partial charge in [-0.2, -0.15) is 0 Å². The molecule has 0 radical (unpaired) electrons. The van der Waals surface area contributed by atoms with Gasteiger partial charge in [0.1, 0.15) is 0 Å². The predicted molar refractivity (Wildman–Crippen MR) is 85.4 cm³/mol. The Labute approximate surface area is 125 Å². The van der Waals surface area contributed by atoms with Crippen LogP contribution in [0.5, 0.6) is 0 Å². The summed E-state index contributed by atoms with van der Waals surface area (Å²) in [5.41, 5.74) is 0.145. The Hall–Kier alpha value is -1.39. The van der Waals surface area contributed by atoms with E-state index in [1.54, 1.807) is 0 Å². The van der Waals surface area contributed by atoms with Gasteiger partial charge in [0.2, 0.25) is 0 Å². The minimum Gasteiger partial charge on any atom is -0.367 e. The average molecular weight is 293 g/mol. The van der Waals surface area contributed by atoms with E-state index in [1.165, 1.54) is 0 Å². The second-order valence-electron chi connectivity index (χ2n) is 6.14. The molecule has 1 heterocycles. The lowest BCUT2D eigenvalue weighted by molar-refractivity contribution is 0.254. The lowest BCUT2D eigenvalue weighted by atomic mass is 9.93. The molecule has 1 aromatic carbocycles. The van der Waals surface area contributed by atoms with Crippen molar-refractivity contribution in [3.05, 3.63) is 29.4 Å². The molecule has 0 saturated heterocycles. The highest BCUT2D eigenvalue weighted by Crippen LogP contribution is 2.26. The molecular formula is C15H21ClN4. The van der Waals surface area contributed by atoms with Crippen LogP contribution >= 0.6 is 11.6 Å². The van der Waals surface area contributed by atoms with Gasteiger partial charge in [0.05, 0.1) is 0 Å². The SMILES string of the molecule is CN(C)CC(C)(C)CNc1nnc(Cl)c2ccccc12. The van der Waals surface area contributed by atoms with Crippen LogP contribution in [0.25, 0.3) is 10.8 Å². The van der Waals surface area contributed by atoms with E-state index in [0.29, 0.717) is 5.15 Å². The maximum atomic E-state index is 6.08. The molecule has 108 valence electrons. The zero-order chi connectivity index (χ0) is 14.8. The summed E-state index contributed by atoms with van der Waals surface area (Å²) in [5.74, 6) is 0.789. The number of anilines is 1. The lowest BCUT2D eigenvalue weighted by Gasteiger charge is -2.28. The number of hydrogen-bond donors (Lipinski definition) is 1. The smallest absolute Gasteiger partial charge is 0.159 e. The first-order valence-corrected chi connectivity index (χ1v) is 7.06. The molecule has 2 rings (SSSR count). The van der Waals surface area contributed by atoms with Gasteiger partial charge in [-0.25, -0.2) is 0 Å². The summed E-state index contributed by atoms with van der Waals surface area (Å²) in [4.78, 5) is 2.19. The first-order valence-electron chi connectivity index (χ1n) is 6.68. The normalized spacial score (nSPS) is 12.1. The minimum atomic E-state index is 0.145. The molecule has 2 aromatic rings. The van der Waals surface area contributed by atoms with Gasteiger partial charge in [-0.1, -0.05) is 49.7 Å². The van der Waals surface area contributed by atoms with E-state index in [1.807, 2.05) is 24.3 Å². The van der Waals surface area contributed by atoms with Crippen LogP contribution in [0.1, 0.15) is 13.8 Å². The van der Waals surface area contributed by atoms with Crippen molar-refractivity contribution in [2.75, 3.05) is 32.5 Å². The Balaban J connectivity index is 2.21. The summed E-state index contributed by atoms with van der Waals surface area (Å²) in [6, 6.07) is 7.91. The Kier molecular flexibility index (Phi) is 4.45. The van der Waals surface area contributed by atoms with E-state index in [-0.39, 0.29) is 5.41 Å². The third-order valence-corrected chi connectivity index (χ3v) is 3.40. The molecule has 1 N–H and O–H groups in total. The number of benzene rings is 1. The van der Waals surface area contributed by atoms with Crippen molar-refractivity contribution in [3.63, 3.8) is 0 Å². The Morgan fingerprint density at radius 2 is 1.80 bits per heavy atom.